The minimum absolute atomic E-state index is 0.0243. The fourth-order valence-corrected chi connectivity index (χ4v) is 4.31. The summed E-state index contributed by atoms with van der Waals surface area (Å²) in [5.74, 6) is 0.352. The van der Waals surface area contributed by atoms with E-state index in [2.05, 4.69) is 10.2 Å². The summed E-state index contributed by atoms with van der Waals surface area (Å²) in [6, 6.07) is 2.14. The van der Waals surface area contributed by atoms with Crippen LogP contribution in [0.2, 0.25) is 5.02 Å². The molecule has 27 heavy (non-hydrogen) atoms. The van der Waals surface area contributed by atoms with Crippen molar-refractivity contribution in [2.45, 2.75) is 31.4 Å². The number of halogens is 1. The number of anilines is 1. The van der Waals surface area contributed by atoms with Gasteiger partial charge in [-0.15, -0.1) is 0 Å². The van der Waals surface area contributed by atoms with E-state index < -0.39 is 0 Å². The molecule has 2 saturated heterocycles. The molecule has 148 valence electrons. The predicted octanol–water partition coefficient (Wildman–Crippen LogP) is 1.47. The van der Waals surface area contributed by atoms with E-state index in [-0.39, 0.29) is 12.0 Å². The highest BCUT2D eigenvalue weighted by atomic mass is 35.5. The number of nitrogen functional groups attached to an aromatic ring is 1. The Morgan fingerprint density at radius 3 is 2.93 bits per heavy atom. The zero-order valence-electron chi connectivity index (χ0n) is 15.3. The molecule has 3 heterocycles. The standard InChI is InChI=1S/C19H26ClN3O4/c20-16-9-15(18-14(17(16)21)3-7-27-18)19(24)22-10-13-11-23(4-8-26-13)12-1-5-25-6-2-12/h9,12-13H,1-8,10-11,21H2,(H,22,24). The van der Waals surface area contributed by atoms with Crippen LogP contribution in [0.1, 0.15) is 28.8 Å². The minimum Gasteiger partial charge on any atom is -0.492 e. The minimum atomic E-state index is -0.207. The number of benzene rings is 1. The number of rotatable bonds is 4. The van der Waals surface area contributed by atoms with Gasteiger partial charge < -0.3 is 25.3 Å². The van der Waals surface area contributed by atoms with Gasteiger partial charge in [0.25, 0.3) is 5.91 Å². The Hall–Kier alpha value is -1.54. The van der Waals surface area contributed by atoms with Crippen LogP contribution in [0.25, 0.3) is 0 Å². The highest BCUT2D eigenvalue weighted by Crippen LogP contribution is 2.38. The fraction of sp³-hybridized carbons (Fsp3) is 0.632. The van der Waals surface area contributed by atoms with Crippen molar-refractivity contribution in [3.05, 3.63) is 22.2 Å². The van der Waals surface area contributed by atoms with Crippen LogP contribution in [-0.4, -0.2) is 69.0 Å². The van der Waals surface area contributed by atoms with Crippen molar-refractivity contribution in [1.82, 2.24) is 10.2 Å². The highest BCUT2D eigenvalue weighted by Gasteiger charge is 2.29. The third-order valence-electron chi connectivity index (χ3n) is 5.58. The fourth-order valence-electron chi connectivity index (χ4n) is 4.09. The number of carbonyl (C=O) groups excluding carboxylic acids is 1. The van der Waals surface area contributed by atoms with Gasteiger partial charge in [-0.2, -0.15) is 0 Å². The van der Waals surface area contributed by atoms with Crippen molar-refractivity contribution in [3.8, 4) is 5.75 Å². The summed E-state index contributed by atoms with van der Waals surface area (Å²) in [7, 11) is 0. The average Bonchev–Trinajstić information content (AvgIpc) is 3.20. The van der Waals surface area contributed by atoms with Gasteiger partial charge in [0.05, 0.1) is 35.6 Å². The molecule has 1 atom stereocenters. The summed E-state index contributed by atoms with van der Waals surface area (Å²) >= 11 is 6.19. The molecule has 1 amide bonds. The Morgan fingerprint density at radius 1 is 1.30 bits per heavy atom. The molecule has 1 aromatic rings. The molecule has 0 saturated carbocycles. The van der Waals surface area contributed by atoms with Crippen LogP contribution in [0.15, 0.2) is 6.07 Å². The number of fused-ring (bicyclic) bond motifs is 1. The van der Waals surface area contributed by atoms with Crippen LogP contribution in [0.3, 0.4) is 0 Å². The predicted molar refractivity (Wildman–Crippen MR) is 103 cm³/mol. The number of ether oxygens (including phenoxy) is 3. The number of hydrogen-bond donors (Lipinski definition) is 2. The maximum Gasteiger partial charge on any atom is 0.255 e. The molecule has 1 unspecified atom stereocenters. The van der Waals surface area contributed by atoms with Gasteiger partial charge in [-0.05, 0) is 18.9 Å². The lowest BCUT2D eigenvalue weighted by Crippen LogP contribution is -2.52. The molecular weight excluding hydrogens is 370 g/mol. The second-order valence-electron chi connectivity index (χ2n) is 7.27. The maximum atomic E-state index is 12.7. The van der Waals surface area contributed by atoms with E-state index in [9.17, 15) is 4.79 Å². The average molecular weight is 396 g/mol. The van der Waals surface area contributed by atoms with Gasteiger partial charge in [-0.25, -0.2) is 0 Å². The van der Waals surface area contributed by atoms with Crippen molar-refractivity contribution in [1.29, 1.82) is 0 Å². The third-order valence-corrected chi connectivity index (χ3v) is 5.90. The van der Waals surface area contributed by atoms with E-state index >= 15 is 0 Å². The Morgan fingerprint density at radius 2 is 2.11 bits per heavy atom. The van der Waals surface area contributed by atoms with Gasteiger partial charge >= 0.3 is 0 Å². The van der Waals surface area contributed by atoms with Crippen molar-refractivity contribution in [3.63, 3.8) is 0 Å². The summed E-state index contributed by atoms with van der Waals surface area (Å²) in [5.41, 5.74) is 7.77. The smallest absolute Gasteiger partial charge is 0.255 e. The van der Waals surface area contributed by atoms with Crippen LogP contribution in [0.4, 0.5) is 5.69 Å². The normalized spacial score (nSPS) is 23.7. The van der Waals surface area contributed by atoms with Crippen LogP contribution >= 0.6 is 11.6 Å². The first-order valence-electron chi connectivity index (χ1n) is 9.58. The molecule has 3 aliphatic heterocycles. The van der Waals surface area contributed by atoms with Crippen LogP contribution in [-0.2, 0) is 15.9 Å². The van der Waals surface area contributed by atoms with Crippen molar-refractivity contribution < 1.29 is 19.0 Å². The van der Waals surface area contributed by atoms with Crippen LogP contribution in [0, 0.1) is 0 Å². The van der Waals surface area contributed by atoms with Crippen molar-refractivity contribution in [2.75, 3.05) is 51.8 Å². The zero-order chi connectivity index (χ0) is 18.8. The molecular formula is C19H26ClN3O4. The van der Waals surface area contributed by atoms with Crippen molar-refractivity contribution >= 4 is 23.2 Å². The van der Waals surface area contributed by atoms with Gasteiger partial charge in [-0.3, -0.25) is 9.69 Å². The Balaban J connectivity index is 1.37. The lowest BCUT2D eigenvalue weighted by Gasteiger charge is -2.39. The summed E-state index contributed by atoms with van der Waals surface area (Å²) in [4.78, 5) is 15.2. The first kappa shape index (κ1) is 18.8. The SMILES string of the molecule is Nc1c(Cl)cc(C(=O)NCC2CN(C3CCOCC3)CCO2)c2c1CCO2. The van der Waals surface area contributed by atoms with Crippen molar-refractivity contribution in [2.24, 2.45) is 0 Å². The number of hydrogen-bond acceptors (Lipinski definition) is 6. The van der Waals surface area contributed by atoms with E-state index in [1.54, 1.807) is 6.07 Å². The quantitative estimate of drug-likeness (QED) is 0.751. The summed E-state index contributed by atoms with van der Waals surface area (Å²) in [5, 5.41) is 3.37. The Labute approximate surface area is 164 Å². The van der Waals surface area contributed by atoms with Gasteiger partial charge in [0, 0.05) is 50.9 Å². The number of nitrogens with one attached hydrogen (secondary N) is 1. The third kappa shape index (κ3) is 4.01. The molecule has 8 heteroatoms. The van der Waals surface area contributed by atoms with E-state index in [4.69, 9.17) is 31.5 Å². The summed E-state index contributed by atoms with van der Waals surface area (Å²) < 4.78 is 16.9. The summed E-state index contributed by atoms with van der Waals surface area (Å²) in [6.45, 7) is 5.07. The molecule has 0 aliphatic carbocycles. The Bertz CT molecular complexity index is 709. The Kier molecular flexibility index (Phi) is 5.73. The molecule has 0 radical (unpaired) electrons. The maximum absolute atomic E-state index is 12.7. The number of nitrogens with two attached hydrogens (primary N) is 1. The monoisotopic (exact) mass is 395 g/mol. The molecule has 0 aromatic heterocycles. The largest absolute Gasteiger partial charge is 0.492 e. The lowest BCUT2D eigenvalue weighted by atomic mass is 10.0. The molecule has 4 rings (SSSR count). The lowest BCUT2D eigenvalue weighted by molar-refractivity contribution is -0.0598. The first-order chi connectivity index (χ1) is 13.1. The van der Waals surface area contributed by atoms with Gasteiger partial charge in [-0.1, -0.05) is 11.6 Å². The van der Waals surface area contributed by atoms with Gasteiger partial charge in [0.15, 0.2) is 0 Å². The molecule has 7 nitrogen and oxygen atoms in total. The van der Waals surface area contributed by atoms with Gasteiger partial charge in [0.2, 0.25) is 0 Å². The van der Waals surface area contributed by atoms with Crippen LogP contribution in [0.5, 0.6) is 5.75 Å². The topological polar surface area (TPSA) is 86.1 Å². The number of nitrogens with zero attached hydrogens (tertiary/aromatic N) is 1. The van der Waals surface area contributed by atoms with E-state index in [0.29, 0.717) is 54.2 Å². The second kappa shape index (κ2) is 8.22. The number of amides is 1. The summed E-state index contributed by atoms with van der Waals surface area (Å²) in [6.07, 6.45) is 2.77. The van der Waals surface area contributed by atoms with Crippen LogP contribution < -0.4 is 15.8 Å². The molecule has 0 bridgehead atoms. The molecule has 3 N–H and O–H groups in total. The number of carbonyl (C=O) groups is 1. The molecule has 0 spiro atoms. The number of morpholine rings is 1. The first-order valence-corrected chi connectivity index (χ1v) is 9.96. The molecule has 1 aromatic carbocycles. The van der Waals surface area contributed by atoms with E-state index in [1.807, 2.05) is 0 Å². The zero-order valence-corrected chi connectivity index (χ0v) is 16.1. The molecule has 3 aliphatic rings. The second-order valence-corrected chi connectivity index (χ2v) is 7.67. The van der Waals surface area contributed by atoms with E-state index in [1.165, 1.54) is 0 Å². The van der Waals surface area contributed by atoms with E-state index in [0.717, 1.165) is 44.7 Å². The van der Waals surface area contributed by atoms with Gasteiger partial charge in [0.1, 0.15) is 5.75 Å². The highest BCUT2D eigenvalue weighted by molar-refractivity contribution is 6.33. The molecule has 2 fully saturated rings.